The minimum atomic E-state index is -0.407. The Morgan fingerprint density at radius 3 is 2.30 bits per heavy atom. The lowest BCUT2D eigenvalue weighted by Crippen LogP contribution is -2.55. The van der Waals surface area contributed by atoms with Crippen LogP contribution in [0.15, 0.2) is 0 Å². The third-order valence-corrected chi connectivity index (χ3v) is 3.97. The Hall–Kier alpha value is -1.14. The van der Waals surface area contributed by atoms with Crippen LogP contribution in [-0.4, -0.2) is 66.9 Å². The molecule has 0 aromatic rings. The number of hydrogen-bond donors (Lipinski definition) is 2. The van der Waals surface area contributed by atoms with Crippen molar-refractivity contribution in [2.75, 3.05) is 39.3 Å². The van der Waals surface area contributed by atoms with Gasteiger partial charge in [0.05, 0.1) is 12.6 Å². The number of hydrogen-bond acceptors (Lipinski definition) is 4. The molecule has 1 rings (SSSR count). The summed E-state index contributed by atoms with van der Waals surface area (Å²) in [5.74, 6) is 0.288. The van der Waals surface area contributed by atoms with Crippen molar-refractivity contribution in [1.82, 2.24) is 15.1 Å². The highest BCUT2D eigenvalue weighted by Crippen LogP contribution is 2.10. The van der Waals surface area contributed by atoms with Gasteiger partial charge in [-0.25, -0.2) is 0 Å². The first-order valence-electron chi connectivity index (χ1n) is 7.53. The fraction of sp³-hybridized carbons (Fsp3) is 0.857. The largest absolute Gasteiger partial charge is 0.355 e. The smallest absolute Gasteiger partial charge is 0.239 e. The van der Waals surface area contributed by atoms with Crippen LogP contribution in [-0.2, 0) is 9.59 Å². The van der Waals surface area contributed by atoms with E-state index in [1.54, 1.807) is 0 Å². The fourth-order valence-corrected chi connectivity index (χ4v) is 2.29. The highest BCUT2D eigenvalue weighted by Gasteiger charge is 2.28. The molecule has 3 N–H and O–H groups in total. The molecule has 1 saturated heterocycles. The second-order valence-electron chi connectivity index (χ2n) is 5.47. The van der Waals surface area contributed by atoms with Gasteiger partial charge in [0, 0.05) is 32.7 Å². The molecule has 0 radical (unpaired) electrons. The van der Waals surface area contributed by atoms with Crippen molar-refractivity contribution in [1.29, 1.82) is 0 Å². The van der Waals surface area contributed by atoms with Crippen LogP contribution >= 0.6 is 0 Å². The lowest BCUT2D eigenvalue weighted by Gasteiger charge is -2.36. The van der Waals surface area contributed by atoms with Gasteiger partial charge in [-0.15, -0.1) is 0 Å². The van der Waals surface area contributed by atoms with Crippen molar-refractivity contribution in [2.45, 2.75) is 33.2 Å². The molecule has 1 aliphatic rings. The van der Waals surface area contributed by atoms with Gasteiger partial charge in [-0.1, -0.05) is 20.3 Å². The van der Waals surface area contributed by atoms with E-state index in [0.29, 0.717) is 26.2 Å². The lowest BCUT2D eigenvalue weighted by molar-refractivity contribution is -0.135. The molecule has 2 amide bonds. The highest BCUT2D eigenvalue weighted by molar-refractivity contribution is 5.82. The van der Waals surface area contributed by atoms with Crippen LogP contribution in [0, 0.1) is 5.92 Å². The van der Waals surface area contributed by atoms with E-state index in [-0.39, 0.29) is 17.7 Å². The van der Waals surface area contributed by atoms with Gasteiger partial charge >= 0.3 is 0 Å². The first kappa shape index (κ1) is 16.9. The van der Waals surface area contributed by atoms with Crippen LogP contribution < -0.4 is 11.1 Å². The van der Waals surface area contributed by atoms with E-state index in [4.69, 9.17) is 5.73 Å². The molecule has 0 aliphatic carbocycles. The van der Waals surface area contributed by atoms with Gasteiger partial charge in [0.15, 0.2) is 0 Å². The number of nitrogens with one attached hydrogen (secondary N) is 1. The second kappa shape index (κ2) is 8.21. The van der Waals surface area contributed by atoms with Crippen molar-refractivity contribution in [2.24, 2.45) is 11.7 Å². The van der Waals surface area contributed by atoms with Crippen LogP contribution in [0.25, 0.3) is 0 Å². The lowest BCUT2D eigenvalue weighted by atomic mass is 9.98. The zero-order valence-electron chi connectivity index (χ0n) is 12.9. The molecule has 0 aromatic carbocycles. The number of nitrogens with zero attached hydrogens (tertiary/aromatic N) is 2. The molecule has 0 saturated carbocycles. The average molecular weight is 284 g/mol. The second-order valence-corrected chi connectivity index (χ2v) is 5.47. The van der Waals surface area contributed by atoms with Crippen LogP contribution in [0.5, 0.6) is 0 Å². The average Bonchev–Trinajstić information content (AvgIpc) is 2.46. The summed E-state index contributed by atoms with van der Waals surface area (Å²) in [6.07, 6.45) is 0.907. The monoisotopic (exact) mass is 284 g/mol. The van der Waals surface area contributed by atoms with Gasteiger partial charge in [-0.3, -0.25) is 14.5 Å². The van der Waals surface area contributed by atoms with Crippen molar-refractivity contribution in [3.63, 3.8) is 0 Å². The maximum Gasteiger partial charge on any atom is 0.239 e. The minimum Gasteiger partial charge on any atom is -0.355 e. The molecule has 0 aromatic heterocycles. The van der Waals surface area contributed by atoms with E-state index in [1.807, 2.05) is 25.7 Å². The number of likely N-dealkylation sites (N-methyl/N-ethyl adjacent to an activating group) is 1. The molecule has 6 heteroatoms. The molecular formula is C14H28N4O2. The number of carbonyl (C=O) groups excluding carboxylic acids is 2. The predicted octanol–water partition coefficient (Wildman–Crippen LogP) is -0.360. The zero-order valence-corrected chi connectivity index (χ0v) is 12.9. The Kier molecular flexibility index (Phi) is 6.95. The Morgan fingerprint density at radius 2 is 1.80 bits per heavy atom. The summed E-state index contributed by atoms with van der Waals surface area (Å²) < 4.78 is 0. The van der Waals surface area contributed by atoms with Gasteiger partial charge in [-0.2, -0.15) is 0 Å². The molecular weight excluding hydrogens is 256 g/mol. The van der Waals surface area contributed by atoms with E-state index in [9.17, 15) is 9.59 Å². The summed E-state index contributed by atoms with van der Waals surface area (Å²) in [5.41, 5.74) is 5.99. The molecule has 1 aliphatic heterocycles. The first-order valence-corrected chi connectivity index (χ1v) is 7.53. The SMILES string of the molecule is CCNC(=O)CN1CCN(C(=O)C(N)C(C)CC)CC1. The molecule has 1 heterocycles. The maximum atomic E-state index is 12.2. The number of rotatable bonds is 6. The van der Waals surface area contributed by atoms with Crippen LogP contribution in [0.1, 0.15) is 27.2 Å². The van der Waals surface area contributed by atoms with Gasteiger partial charge < -0.3 is 16.0 Å². The Bertz CT molecular complexity index is 327. The summed E-state index contributed by atoms with van der Waals surface area (Å²) in [5, 5.41) is 2.79. The fourth-order valence-electron chi connectivity index (χ4n) is 2.29. The van der Waals surface area contributed by atoms with E-state index in [2.05, 4.69) is 10.2 Å². The molecule has 20 heavy (non-hydrogen) atoms. The Labute approximate surface area is 121 Å². The number of amides is 2. The van der Waals surface area contributed by atoms with Crippen molar-refractivity contribution in [3.05, 3.63) is 0 Å². The maximum absolute atomic E-state index is 12.2. The normalized spacial score (nSPS) is 19.5. The zero-order chi connectivity index (χ0) is 15.1. The van der Waals surface area contributed by atoms with Crippen LogP contribution in [0.4, 0.5) is 0 Å². The quantitative estimate of drug-likeness (QED) is 0.698. The van der Waals surface area contributed by atoms with Gasteiger partial charge in [0.2, 0.25) is 11.8 Å². The van der Waals surface area contributed by atoms with Crippen molar-refractivity contribution >= 4 is 11.8 Å². The minimum absolute atomic E-state index is 0.0389. The summed E-state index contributed by atoms with van der Waals surface area (Å²) in [7, 11) is 0. The van der Waals surface area contributed by atoms with Gasteiger partial charge in [0.25, 0.3) is 0 Å². The number of piperazine rings is 1. The summed E-state index contributed by atoms with van der Waals surface area (Å²) in [4.78, 5) is 27.6. The third-order valence-electron chi connectivity index (χ3n) is 3.97. The standard InChI is InChI=1S/C14H28N4O2/c1-4-11(3)13(15)14(20)18-8-6-17(7-9-18)10-12(19)16-5-2/h11,13H,4-10,15H2,1-3H3,(H,16,19). The van der Waals surface area contributed by atoms with E-state index in [1.165, 1.54) is 0 Å². The molecule has 116 valence electrons. The molecule has 0 spiro atoms. The number of nitrogens with two attached hydrogens (primary N) is 1. The van der Waals surface area contributed by atoms with E-state index in [0.717, 1.165) is 19.5 Å². The molecule has 1 fully saturated rings. The highest BCUT2D eigenvalue weighted by atomic mass is 16.2. The van der Waals surface area contributed by atoms with Crippen molar-refractivity contribution in [3.8, 4) is 0 Å². The molecule has 0 bridgehead atoms. The van der Waals surface area contributed by atoms with Crippen LogP contribution in [0.2, 0.25) is 0 Å². The van der Waals surface area contributed by atoms with Gasteiger partial charge in [-0.05, 0) is 12.8 Å². The molecule has 2 unspecified atom stereocenters. The van der Waals surface area contributed by atoms with E-state index < -0.39 is 6.04 Å². The van der Waals surface area contributed by atoms with Crippen LogP contribution in [0.3, 0.4) is 0 Å². The summed E-state index contributed by atoms with van der Waals surface area (Å²) in [6, 6.07) is -0.407. The Morgan fingerprint density at radius 1 is 1.20 bits per heavy atom. The van der Waals surface area contributed by atoms with E-state index >= 15 is 0 Å². The predicted molar refractivity (Wildman–Crippen MR) is 79.1 cm³/mol. The summed E-state index contributed by atoms with van der Waals surface area (Å²) >= 11 is 0. The van der Waals surface area contributed by atoms with Gasteiger partial charge in [0.1, 0.15) is 0 Å². The topological polar surface area (TPSA) is 78.7 Å². The number of carbonyl (C=O) groups is 2. The molecule has 6 nitrogen and oxygen atoms in total. The third kappa shape index (κ3) is 4.76. The van der Waals surface area contributed by atoms with Crippen molar-refractivity contribution < 1.29 is 9.59 Å². The first-order chi connectivity index (χ1) is 9.49. The molecule has 2 atom stereocenters. The summed E-state index contributed by atoms with van der Waals surface area (Å²) in [6.45, 7) is 9.80. The Balaban J connectivity index is 2.38.